The zero-order valence-corrected chi connectivity index (χ0v) is 11.7. The molecule has 0 spiro atoms. The van der Waals surface area contributed by atoms with E-state index in [1.807, 2.05) is 11.4 Å². The van der Waals surface area contributed by atoms with Crippen molar-refractivity contribution in [1.29, 1.82) is 0 Å². The van der Waals surface area contributed by atoms with Crippen LogP contribution in [0.4, 0.5) is 0 Å². The fourth-order valence-electron chi connectivity index (χ4n) is 2.47. The maximum atomic E-state index is 12.3. The molecule has 0 unspecified atom stereocenters. The molecule has 0 aromatic carbocycles. The highest BCUT2D eigenvalue weighted by atomic mass is 32.1. The molecule has 0 radical (unpaired) electrons. The van der Waals surface area contributed by atoms with E-state index in [9.17, 15) is 9.59 Å². The zero-order chi connectivity index (χ0) is 14.3. The standard InChI is InChI=1S/C13H13N3O3S/c1-15-9-7-16(12(17)10-3-2-6-20-10)5-4-8(9)11(14-15)13(18)19/h2-3,6H,4-5,7H2,1H3,(H,18,19). The Hall–Kier alpha value is -2.15. The predicted molar refractivity (Wildman–Crippen MR) is 72.9 cm³/mol. The third kappa shape index (κ3) is 2.00. The lowest BCUT2D eigenvalue weighted by atomic mass is 10.0. The Bertz CT molecular complexity index is 675. The van der Waals surface area contributed by atoms with Gasteiger partial charge >= 0.3 is 5.97 Å². The first kappa shape index (κ1) is 12.9. The Kier molecular flexibility index (Phi) is 3.06. The Morgan fingerprint density at radius 3 is 2.90 bits per heavy atom. The van der Waals surface area contributed by atoms with Crippen LogP contribution in [0, 0.1) is 0 Å². The highest BCUT2D eigenvalue weighted by Crippen LogP contribution is 2.24. The number of carbonyl (C=O) groups is 2. The normalized spacial score (nSPS) is 14.2. The van der Waals surface area contributed by atoms with E-state index in [-0.39, 0.29) is 11.6 Å². The summed E-state index contributed by atoms with van der Waals surface area (Å²) >= 11 is 1.41. The van der Waals surface area contributed by atoms with Crippen molar-refractivity contribution < 1.29 is 14.7 Å². The summed E-state index contributed by atoms with van der Waals surface area (Å²) in [7, 11) is 1.71. The van der Waals surface area contributed by atoms with Crippen LogP contribution in [0.15, 0.2) is 17.5 Å². The number of thiophene rings is 1. The van der Waals surface area contributed by atoms with E-state index in [0.29, 0.717) is 24.4 Å². The first-order valence-corrected chi connectivity index (χ1v) is 7.06. The van der Waals surface area contributed by atoms with Gasteiger partial charge < -0.3 is 10.0 Å². The number of aryl methyl sites for hydroxylation is 1. The van der Waals surface area contributed by atoms with Crippen molar-refractivity contribution in [2.45, 2.75) is 13.0 Å². The number of carbonyl (C=O) groups excluding carboxylic acids is 1. The van der Waals surface area contributed by atoms with Gasteiger partial charge in [-0.2, -0.15) is 5.10 Å². The quantitative estimate of drug-likeness (QED) is 0.907. The summed E-state index contributed by atoms with van der Waals surface area (Å²) in [4.78, 5) is 25.9. The molecule has 1 amide bonds. The largest absolute Gasteiger partial charge is 0.476 e. The van der Waals surface area contributed by atoms with Gasteiger partial charge in [-0.3, -0.25) is 9.48 Å². The third-order valence-corrected chi connectivity index (χ3v) is 4.33. The molecule has 0 atom stereocenters. The molecule has 0 saturated carbocycles. The smallest absolute Gasteiger partial charge is 0.356 e. The Balaban J connectivity index is 1.89. The van der Waals surface area contributed by atoms with Gasteiger partial charge in [0.25, 0.3) is 5.91 Å². The highest BCUT2D eigenvalue weighted by Gasteiger charge is 2.29. The van der Waals surface area contributed by atoms with Crippen LogP contribution in [0.2, 0.25) is 0 Å². The van der Waals surface area contributed by atoms with Gasteiger partial charge in [-0.1, -0.05) is 6.07 Å². The molecule has 0 saturated heterocycles. The number of aromatic carboxylic acids is 1. The molecule has 0 fully saturated rings. The topological polar surface area (TPSA) is 75.4 Å². The SMILES string of the molecule is Cn1nc(C(=O)O)c2c1CN(C(=O)c1cccs1)CC2. The lowest BCUT2D eigenvalue weighted by molar-refractivity contribution is 0.0688. The Morgan fingerprint density at radius 1 is 1.45 bits per heavy atom. The van der Waals surface area contributed by atoms with E-state index >= 15 is 0 Å². The van der Waals surface area contributed by atoms with E-state index < -0.39 is 5.97 Å². The van der Waals surface area contributed by atoms with Gasteiger partial charge in [0.2, 0.25) is 0 Å². The molecule has 2 aromatic rings. The van der Waals surface area contributed by atoms with Gasteiger partial charge in [0, 0.05) is 19.2 Å². The van der Waals surface area contributed by atoms with Gasteiger partial charge in [0.15, 0.2) is 5.69 Å². The second-order valence-corrected chi connectivity index (χ2v) is 5.60. The summed E-state index contributed by atoms with van der Waals surface area (Å²) in [6.07, 6.45) is 0.530. The summed E-state index contributed by atoms with van der Waals surface area (Å²) in [5.74, 6) is -1.02. The lowest BCUT2D eigenvalue weighted by Gasteiger charge is -2.27. The molecular weight excluding hydrogens is 278 g/mol. The number of hydrogen-bond donors (Lipinski definition) is 1. The zero-order valence-electron chi connectivity index (χ0n) is 10.9. The van der Waals surface area contributed by atoms with Crippen molar-refractivity contribution in [2.24, 2.45) is 7.05 Å². The maximum Gasteiger partial charge on any atom is 0.356 e. The molecule has 104 valence electrons. The van der Waals surface area contributed by atoms with Crippen LogP contribution in [0.3, 0.4) is 0 Å². The molecule has 20 heavy (non-hydrogen) atoms. The summed E-state index contributed by atoms with van der Waals surface area (Å²) in [6, 6.07) is 3.65. The van der Waals surface area contributed by atoms with Crippen molar-refractivity contribution in [3.63, 3.8) is 0 Å². The van der Waals surface area contributed by atoms with Crippen molar-refractivity contribution in [3.05, 3.63) is 39.3 Å². The number of rotatable bonds is 2. The molecule has 1 aliphatic heterocycles. The molecule has 7 heteroatoms. The first-order valence-electron chi connectivity index (χ1n) is 6.18. The predicted octanol–water partition coefficient (Wildman–Crippen LogP) is 1.38. The molecule has 0 aliphatic carbocycles. The van der Waals surface area contributed by atoms with E-state index in [1.54, 1.807) is 22.7 Å². The fourth-order valence-corrected chi connectivity index (χ4v) is 3.16. The van der Waals surface area contributed by atoms with Crippen LogP contribution in [0.5, 0.6) is 0 Å². The molecule has 1 aliphatic rings. The van der Waals surface area contributed by atoms with Crippen LogP contribution in [0.1, 0.15) is 31.4 Å². The van der Waals surface area contributed by atoms with Crippen LogP contribution < -0.4 is 0 Å². The number of carboxylic acid groups (broad SMARTS) is 1. The van der Waals surface area contributed by atoms with Gasteiger partial charge in [0.05, 0.1) is 17.1 Å². The average Bonchev–Trinajstić information content (AvgIpc) is 3.06. The highest BCUT2D eigenvalue weighted by molar-refractivity contribution is 7.12. The molecule has 1 N–H and O–H groups in total. The number of nitrogens with zero attached hydrogens (tertiary/aromatic N) is 3. The number of amides is 1. The molecular formula is C13H13N3O3S. The van der Waals surface area contributed by atoms with E-state index in [0.717, 1.165) is 11.3 Å². The summed E-state index contributed by atoms with van der Waals surface area (Å²) < 4.78 is 1.56. The Labute approximate surface area is 119 Å². The van der Waals surface area contributed by atoms with Crippen molar-refractivity contribution in [3.8, 4) is 0 Å². The van der Waals surface area contributed by atoms with E-state index in [4.69, 9.17) is 5.11 Å². The first-order chi connectivity index (χ1) is 9.58. The minimum absolute atomic E-state index is 0.0104. The summed E-state index contributed by atoms with van der Waals surface area (Å²) in [6.45, 7) is 0.929. The minimum Gasteiger partial charge on any atom is -0.476 e. The second kappa shape index (κ2) is 4.75. The van der Waals surface area contributed by atoms with E-state index in [2.05, 4.69) is 5.10 Å². The fraction of sp³-hybridized carbons (Fsp3) is 0.308. The number of carboxylic acids is 1. The molecule has 3 heterocycles. The molecule has 3 rings (SSSR count). The maximum absolute atomic E-state index is 12.3. The lowest BCUT2D eigenvalue weighted by Crippen LogP contribution is -2.36. The van der Waals surface area contributed by atoms with E-state index in [1.165, 1.54) is 11.3 Å². The third-order valence-electron chi connectivity index (χ3n) is 3.47. The van der Waals surface area contributed by atoms with Crippen LogP contribution in [-0.4, -0.2) is 38.2 Å². The average molecular weight is 291 g/mol. The number of aromatic nitrogens is 2. The van der Waals surface area contributed by atoms with Gasteiger partial charge in [-0.15, -0.1) is 11.3 Å². The molecule has 0 bridgehead atoms. The van der Waals surface area contributed by atoms with Crippen LogP contribution >= 0.6 is 11.3 Å². The second-order valence-electron chi connectivity index (χ2n) is 4.66. The Morgan fingerprint density at radius 2 is 2.25 bits per heavy atom. The monoisotopic (exact) mass is 291 g/mol. The molecule has 6 nitrogen and oxygen atoms in total. The van der Waals surface area contributed by atoms with Crippen LogP contribution in [-0.2, 0) is 20.0 Å². The van der Waals surface area contributed by atoms with Gasteiger partial charge in [-0.05, 0) is 17.9 Å². The van der Waals surface area contributed by atoms with Crippen molar-refractivity contribution >= 4 is 23.2 Å². The number of fused-ring (bicyclic) bond motifs is 1. The minimum atomic E-state index is -1.01. The van der Waals surface area contributed by atoms with Crippen molar-refractivity contribution in [2.75, 3.05) is 6.54 Å². The summed E-state index contributed by atoms with van der Waals surface area (Å²) in [5.41, 5.74) is 1.65. The van der Waals surface area contributed by atoms with Crippen LogP contribution in [0.25, 0.3) is 0 Å². The molecule has 2 aromatic heterocycles. The number of hydrogen-bond acceptors (Lipinski definition) is 4. The summed E-state index contributed by atoms with van der Waals surface area (Å²) in [5, 5.41) is 15.0. The van der Waals surface area contributed by atoms with Gasteiger partial charge in [-0.25, -0.2) is 4.79 Å². The van der Waals surface area contributed by atoms with Crippen molar-refractivity contribution in [1.82, 2.24) is 14.7 Å². The van der Waals surface area contributed by atoms with Gasteiger partial charge in [0.1, 0.15) is 0 Å².